The highest BCUT2D eigenvalue weighted by Gasteiger charge is 2.49. The van der Waals surface area contributed by atoms with Crippen LogP contribution >= 0.6 is 0 Å². The fraction of sp³-hybridized carbons (Fsp3) is 0.0159. The van der Waals surface area contributed by atoms with Crippen LogP contribution in [-0.2, 0) is 5.41 Å². The topological polar surface area (TPSA) is 30.5 Å². The van der Waals surface area contributed by atoms with Crippen LogP contribution in [0, 0.1) is 0 Å². The van der Waals surface area contributed by atoms with Gasteiger partial charge < -0.3 is 18.6 Å². The molecule has 0 fully saturated rings. The van der Waals surface area contributed by atoms with Crippen LogP contribution < -0.4 is 9.64 Å². The van der Waals surface area contributed by atoms with Crippen molar-refractivity contribution >= 4 is 82.4 Å². The first-order valence-electron chi connectivity index (χ1n) is 23.0. The van der Waals surface area contributed by atoms with Crippen molar-refractivity contribution in [1.29, 1.82) is 0 Å². The van der Waals surface area contributed by atoms with Crippen molar-refractivity contribution in [2.75, 3.05) is 4.90 Å². The predicted octanol–water partition coefficient (Wildman–Crippen LogP) is 16.9. The third-order valence-corrected chi connectivity index (χ3v) is 14.6. The van der Waals surface area contributed by atoms with Gasteiger partial charge in [0.1, 0.15) is 22.7 Å². The summed E-state index contributed by atoms with van der Waals surface area (Å²) < 4.78 is 15.7. The molecule has 0 saturated heterocycles. The van der Waals surface area contributed by atoms with Crippen molar-refractivity contribution in [3.63, 3.8) is 0 Å². The molecule has 15 rings (SSSR count). The molecule has 1 spiro atoms. The Balaban J connectivity index is 1.04. The van der Waals surface area contributed by atoms with Crippen molar-refractivity contribution in [2.45, 2.75) is 5.41 Å². The van der Waals surface area contributed by atoms with Gasteiger partial charge in [-0.25, -0.2) is 0 Å². The zero-order valence-corrected chi connectivity index (χ0v) is 36.2. The van der Waals surface area contributed by atoms with Gasteiger partial charge in [-0.05, 0) is 117 Å². The van der Waals surface area contributed by atoms with E-state index >= 15 is 0 Å². The van der Waals surface area contributed by atoms with Crippen LogP contribution in [0.25, 0.3) is 82.1 Å². The first-order valence-corrected chi connectivity index (χ1v) is 23.0. The van der Waals surface area contributed by atoms with E-state index in [1.807, 2.05) is 6.07 Å². The van der Waals surface area contributed by atoms with Gasteiger partial charge in [0.15, 0.2) is 0 Å². The fourth-order valence-electron chi connectivity index (χ4n) is 11.9. The Morgan fingerprint density at radius 3 is 1.79 bits per heavy atom. The van der Waals surface area contributed by atoms with Crippen LogP contribution in [-0.4, -0.2) is 4.57 Å². The van der Waals surface area contributed by atoms with E-state index in [-0.39, 0.29) is 0 Å². The largest absolute Gasteiger partial charge is 0.457 e. The molecule has 0 saturated carbocycles. The first kappa shape index (κ1) is 36.5. The molecule has 0 radical (unpaired) electrons. The molecule has 1 aliphatic carbocycles. The van der Waals surface area contributed by atoms with Crippen LogP contribution in [0.3, 0.4) is 0 Å². The molecular weight excluding hydrogens is 817 g/mol. The van der Waals surface area contributed by atoms with E-state index in [1.54, 1.807) is 0 Å². The van der Waals surface area contributed by atoms with E-state index in [0.29, 0.717) is 0 Å². The van der Waals surface area contributed by atoms with Crippen molar-refractivity contribution in [1.82, 2.24) is 4.57 Å². The average molecular weight is 855 g/mol. The number of fused-ring (bicyclic) bond motifs is 15. The highest BCUT2D eigenvalue weighted by atomic mass is 16.5. The maximum absolute atomic E-state index is 6.80. The van der Waals surface area contributed by atoms with Gasteiger partial charge >= 0.3 is 0 Å². The molecule has 0 unspecified atom stereocenters. The summed E-state index contributed by atoms with van der Waals surface area (Å²) in [5.41, 5.74) is 14.9. The number of hydrogen-bond donors (Lipinski definition) is 0. The van der Waals surface area contributed by atoms with Crippen LogP contribution in [0.4, 0.5) is 17.1 Å². The van der Waals surface area contributed by atoms with Gasteiger partial charge in [-0.3, -0.25) is 0 Å². The molecule has 2 aliphatic rings. The number of furan rings is 1. The lowest BCUT2D eigenvalue weighted by molar-refractivity contribution is 0.435. The van der Waals surface area contributed by atoms with Gasteiger partial charge in [0.05, 0.1) is 22.1 Å². The number of hydrogen-bond acceptors (Lipinski definition) is 3. The van der Waals surface area contributed by atoms with E-state index in [1.165, 1.54) is 65.8 Å². The molecule has 13 aromatic rings. The Morgan fingerprint density at radius 1 is 0.358 bits per heavy atom. The lowest BCUT2D eigenvalue weighted by atomic mass is 9.58. The zero-order chi connectivity index (χ0) is 43.8. The summed E-state index contributed by atoms with van der Waals surface area (Å²) in [6, 6.07) is 84.0. The van der Waals surface area contributed by atoms with E-state index in [9.17, 15) is 0 Å². The summed E-state index contributed by atoms with van der Waals surface area (Å²) in [5, 5.41) is 9.50. The Kier molecular flexibility index (Phi) is 7.40. The molecule has 0 N–H and O–H groups in total. The predicted molar refractivity (Wildman–Crippen MR) is 275 cm³/mol. The minimum atomic E-state index is -0.684. The lowest BCUT2D eigenvalue weighted by Crippen LogP contribution is -2.36. The van der Waals surface area contributed by atoms with Crippen LogP contribution in [0.1, 0.15) is 22.3 Å². The second-order valence-corrected chi connectivity index (χ2v) is 17.9. The number of benzene rings is 11. The summed E-state index contributed by atoms with van der Waals surface area (Å²) >= 11 is 0. The molecular formula is C63H38N2O2. The third-order valence-electron chi connectivity index (χ3n) is 14.6. The van der Waals surface area contributed by atoms with Gasteiger partial charge in [0, 0.05) is 55.1 Å². The Bertz CT molecular complexity index is 4170. The molecule has 4 nitrogen and oxygen atoms in total. The zero-order valence-electron chi connectivity index (χ0n) is 36.2. The van der Waals surface area contributed by atoms with Gasteiger partial charge in [-0.2, -0.15) is 0 Å². The summed E-state index contributed by atoms with van der Waals surface area (Å²) in [7, 11) is 0. The Hall–Kier alpha value is -8.86. The average Bonchev–Trinajstić information content (AvgIpc) is 3.92. The number of para-hydroxylation sites is 4. The monoisotopic (exact) mass is 854 g/mol. The molecule has 67 heavy (non-hydrogen) atoms. The number of aromatic nitrogens is 1. The third kappa shape index (κ3) is 4.96. The second kappa shape index (κ2) is 13.6. The van der Waals surface area contributed by atoms with Crippen LogP contribution in [0.2, 0.25) is 0 Å². The standard InChI is InChI=1S/C63H38N2O2/c1-2-18-44-39(14-1)15-13-26-55(44)65-56-25-7-3-19-46(56)49-36-41(31-34-57(49)65)64(42-32-35-59-50(37-42)47-20-4-8-27-58(47)66-59)43-30-33-45-48-21-11-16-40-17-12-24-53(62(40)48)63(54(45)38-43)51-22-5-9-28-60(51)67-61-29-10-6-23-52(61)63/h1-38H. The van der Waals surface area contributed by atoms with E-state index in [4.69, 9.17) is 9.15 Å². The van der Waals surface area contributed by atoms with Gasteiger partial charge in [0.25, 0.3) is 0 Å². The smallest absolute Gasteiger partial charge is 0.135 e. The molecule has 0 bridgehead atoms. The maximum Gasteiger partial charge on any atom is 0.135 e. The molecule has 0 amide bonds. The number of anilines is 3. The normalized spacial score (nSPS) is 13.3. The minimum Gasteiger partial charge on any atom is -0.457 e. The summed E-state index contributed by atoms with van der Waals surface area (Å²) in [6.45, 7) is 0. The van der Waals surface area contributed by atoms with Gasteiger partial charge in [-0.15, -0.1) is 0 Å². The first-order chi connectivity index (χ1) is 33.2. The highest BCUT2D eigenvalue weighted by molar-refractivity contribution is 6.13. The maximum atomic E-state index is 6.80. The Morgan fingerprint density at radius 2 is 0.940 bits per heavy atom. The number of nitrogens with zero attached hydrogens (tertiary/aromatic N) is 2. The number of rotatable bonds is 4. The van der Waals surface area contributed by atoms with Gasteiger partial charge in [-0.1, -0.05) is 152 Å². The summed E-state index contributed by atoms with van der Waals surface area (Å²) in [5.74, 6) is 1.74. The van der Waals surface area contributed by atoms with Crippen molar-refractivity contribution < 1.29 is 9.15 Å². The molecule has 3 heterocycles. The quantitative estimate of drug-likeness (QED) is 0.177. The Labute approximate surface area is 385 Å². The molecule has 4 heteroatoms. The molecule has 2 aromatic heterocycles. The van der Waals surface area contributed by atoms with Crippen molar-refractivity contribution in [3.05, 3.63) is 253 Å². The van der Waals surface area contributed by atoms with Crippen LogP contribution in [0.15, 0.2) is 235 Å². The van der Waals surface area contributed by atoms with Crippen molar-refractivity contribution in [3.8, 4) is 28.3 Å². The fourth-order valence-corrected chi connectivity index (χ4v) is 11.9. The number of ether oxygens (including phenoxy) is 1. The van der Waals surface area contributed by atoms with E-state index in [0.717, 1.165) is 67.1 Å². The minimum absolute atomic E-state index is 0.684. The molecule has 0 atom stereocenters. The second-order valence-electron chi connectivity index (χ2n) is 17.9. The van der Waals surface area contributed by atoms with E-state index < -0.39 is 5.41 Å². The van der Waals surface area contributed by atoms with Crippen molar-refractivity contribution in [2.24, 2.45) is 0 Å². The lowest BCUT2D eigenvalue weighted by Gasteiger charge is -2.45. The summed E-state index contributed by atoms with van der Waals surface area (Å²) in [4.78, 5) is 2.44. The molecule has 312 valence electrons. The molecule has 1 aliphatic heterocycles. The highest BCUT2D eigenvalue weighted by Crippen LogP contribution is 2.62. The van der Waals surface area contributed by atoms with E-state index in [2.05, 4.69) is 234 Å². The van der Waals surface area contributed by atoms with Crippen LogP contribution in [0.5, 0.6) is 11.5 Å². The molecule has 11 aromatic carbocycles. The SMILES string of the molecule is c1ccc2c(c1)Oc1ccccc1C21c2cc(N(c3ccc4oc5ccccc5c4c3)c3ccc4c(c3)c3ccccc3n4-c3cccc4ccccc34)ccc2-c2cccc3cccc1c23. The van der Waals surface area contributed by atoms with Gasteiger partial charge in [0.2, 0.25) is 0 Å². The summed E-state index contributed by atoms with van der Waals surface area (Å²) in [6.07, 6.45) is 0.